The fraction of sp³-hybridized carbons (Fsp3) is 0.364. The molecule has 3 aromatic rings. The van der Waals surface area contributed by atoms with Gasteiger partial charge in [-0.2, -0.15) is 5.10 Å². The molecule has 7 nitrogen and oxygen atoms in total. The summed E-state index contributed by atoms with van der Waals surface area (Å²) in [5.74, 6) is 1.20. The first-order chi connectivity index (χ1) is 14.9. The van der Waals surface area contributed by atoms with Gasteiger partial charge in [0.1, 0.15) is 18.0 Å². The van der Waals surface area contributed by atoms with Crippen LogP contribution in [0, 0.1) is 19.7 Å². The number of anilines is 1. The van der Waals surface area contributed by atoms with Crippen molar-refractivity contribution in [2.45, 2.75) is 26.7 Å². The van der Waals surface area contributed by atoms with Crippen molar-refractivity contribution in [3.8, 4) is 5.82 Å². The van der Waals surface area contributed by atoms with E-state index in [-0.39, 0.29) is 10.9 Å². The van der Waals surface area contributed by atoms with Gasteiger partial charge in [0, 0.05) is 44.4 Å². The molecule has 0 radical (unpaired) electrons. The first-order valence-electron chi connectivity index (χ1n) is 10.2. The van der Waals surface area contributed by atoms with Crippen molar-refractivity contribution in [2.75, 3.05) is 31.1 Å². The third-order valence-electron chi connectivity index (χ3n) is 5.43. The lowest BCUT2D eigenvalue weighted by Crippen LogP contribution is -2.49. The molecule has 1 amide bonds. The van der Waals surface area contributed by atoms with Crippen molar-refractivity contribution in [2.24, 2.45) is 0 Å². The van der Waals surface area contributed by atoms with E-state index in [2.05, 4.69) is 20.0 Å². The zero-order valence-electron chi connectivity index (χ0n) is 17.6. The average molecular weight is 443 g/mol. The molecule has 0 unspecified atom stereocenters. The maximum atomic E-state index is 13.3. The fourth-order valence-electron chi connectivity index (χ4n) is 3.78. The van der Waals surface area contributed by atoms with Crippen LogP contribution in [-0.2, 0) is 11.2 Å². The second-order valence-corrected chi connectivity index (χ2v) is 8.10. The number of aromatic nitrogens is 4. The van der Waals surface area contributed by atoms with Crippen LogP contribution in [0.1, 0.15) is 23.4 Å². The summed E-state index contributed by atoms with van der Waals surface area (Å²) in [7, 11) is 0. The van der Waals surface area contributed by atoms with Crippen molar-refractivity contribution < 1.29 is 9.18 Å². The zero-order chi connectivity index (χ0) is 22.0. The number of carbonyl (C=O) groups is 1. The van der Waals surface area contributed by atoms with E-state index >= 15 is 0 Å². The van der Waals surface area contributed by atoms with Crippen LogP contribution in [0.5, 0.6) is 0 Å². The standard InChI is InChI=1S/C22H24ClFN6O/c1-15-11-16(2)30(27-15)21-13-20(25-14-26-21)28-7-9-29(10-8-28)22(31)6-4-17-3-5-19(24)18(23)12-17/h3,5,11-14H,4,6-10H2,1-2H3. The predicted molar refractivity (Wildman–Crippen MR) is 117 cm³/mol. The van der Waals surface area contributed by atoms with Gasteiger partial charge >= 0.3 is 0 Å². The van der Waals surface area contributed by atoms with Crippen molar-refractivity contribution in [3.05, 3.63) is 64.5 Å². The van der Waals surface area contributed by atoms with Gasteiger partial charge in [-0.3, -0.25) is 4.79 Å². The number of benzene rings is 1. The second-order valence-electron chi connectivity index (χ2n) is 7.69. The zero-order valence-corrected chi connectivity index (χ0v) is 18.3. The lowest BCUT2D eigenvalue weighted by Gasteiger charge is -2.35. The predicted octanol–water partition coefficient (Wildman–Crippen LogP) is 3.35. The van der Waals surface area contributed by atoms with Crippen molar-refractivity contribution in [3.63, 3.8) is 0 Å². The molecular formula is C22H24ClFN6O. The minimum atomic E-state index is -0.446. The molecule has 0 N–H and O–H groups in total. The van der Waals surface area contributed by atoms with E-state index in [1.807, 2.05) is 35.6 Å². The summed E-state index contributed by atoms with van der Waals surface area (Å²) in [5.41, 5.74) is 2.81. The fourth-order valence-corrected chi connectivity index (χ4v) is 3.98. The molecule has 9 heteroatoms. The molecule has 0 spiro atoms. The van der Waals surface area contributed by atoms with Gasteiger partial charge in [-0.25, -0.2) is 19.0 Å². The molecule has 1 aliphatic heterocycles. The molecule has 1 fully saturated rings. The van der Waals surface area contributed by atoms with Gasteiger partial charge in [-0.1, -0.05) is 17.7 Å². The van der Waals surface area contributed by atoms with E-state index in [4.69, 9.17) is 11.6 Å². The highest BCUT2D eigenvalue weighted by molar-refractivity contribution is 6.30. The summed E-state index contributed by atoms with van der Waals surface area (Å²) < 4.78 is 15.1. The third-order valence-corrected chi connectivity index (χ3v) is 5.72. The summed E-state index contributed by atoms with van der Waals surface area (Å²) in [6.45, 7) is 6.59. The van der Waals surface area contributed by atoms with Gasteiger partial charge in [0.25, 0.3) is 0 Å². The number of nitrogens with zero attached hydrogens (tertiary/aromatic N) is 6. The molecule has 2 aromatic heterocycles. The molecule has 3 heterocycles. The monoisotopic (exact) mass is 442 g/mol. The molecule has 4 rings (SSSR count). The van der Waals surface area contributed by atoms with Crippen LogP contribution in [0.2, 0.25) is 5.02 Å². The molecule has 1 aromatic carbocycles. The number of carbonyl (C=O) groups excluding carboxylic acids is 1. The van der Waals surface area contributed by atoms with Gasteiger partial charge in [-0.15, -0.1) is 0 Å². The lowest BCUT2D eigenvalue weighted by molar-refractivity contribution is -0.131. The normalized spacial score (nSPS) is 14.2. The van der Waals surface area contributed by atoms with Crippen LogP contribution in [0.3, 0.4) is 0 Å². The molecule has 0 atom stereocenters. The van der Waals surface area contributed by atoms with Crippen LogP contribution in [0.15, 0.2) is 36.7 Å². The Morgan fingerprint density at radius 1 is 1.06 bits per heavy atom. The topological polar surface area (TPSA) is 67.2 Å². The van der Waals surface area contributed by atoms with Gasteiger partial charge in [-0.05, 0) is 44.0 Å². The van der Waals surface area contributed by atoms with Crippen LogP contribution in [-0.4, -0.2) is 56.7 Å². The molecule has 0 aliphatic carbocycles. The minimum absolute atomic E-state index is 0.0863. The van der Waals surface area contributed by atoms with E-state index in [1.165, 1.54) is 6.07 Å². The van der Waals surface area contributed by atoms with Gasteiger partial charge < -0.3 is 9.80 Å². The van der Waals surface area contributed by atoms with Crippen molar-refractivity contribution in [1.82, 2.24) is 24.6 Å². The second kappa shape index (κ2) is 9.01. The first-order valence-corrected chi connectivity index (χ1v) is 10.6. The highest BCUT2D eigenvalue weighted by Crippen LogP contribution is 2.19. The Labute approximate surface area is 185 Å². The van der Waals surface area contributed by atoms with Gasteiger partial charge in [0.2, 0.25) is 5.91 Å². The Bertz CT molecular complexity index is 1090. The Hall–Kier alpha value is -3.00. The van der Waals surface area contributed by atoms with E-state index in [0.29, 0.717) is 39.0 Å². The largest absolute Gasteiger partial charge is 0.353 e. The molecule has 0 saturated carbocycles. The number of piperazine rings is 1. The van der Waals surface area contributed by atoms with E-state index in [0.717, 1.165) is 28.6 Å². The number of hydrogen-bond acceptors (Lipinski definition) is 5. The Morgan fingerprint density at radius 2 is 1.81 bits per heavy atom. The summed E-state index contributed by atoms with van der Waals surface area (Å²) in [5, 5.41) is 4.57. The summed E-state index contributed by atoms with van der Waals surface area (Å²) in [6.07, 6.45) is 2.46. The van der Waals surface area contributed by atoms with Crippen LogP contribution in [0.25, 0.3) is 5.82 Å². The SMILES string of the molecule is Cc1cc(C)n(-c2cc(N3CCN(C(=O)CCc4ccc(F)c(Cl)c4)CC3)ncn2)n1. The first kappa shape index (κ1) is 21.2. The van der Waals surface area contributed by atoms with Gasteiger partial charge in [0.15, 0.2) is 5.82 Å². The molecule has 1 aliphatic rings. The van der Waals surface area contributed by atoms with Gasteiger partial charge in [0.05, 0.1) is 10.7 Å². The maximum absolute atomic E-state index is 13.3. The molecule has 0 bridgehead atoms. The Morgan fingerprint density at radius 3 is 2.48 bits per heavy atom. The number of rotatable bonds is 5. The lowest BCUT2D eigenvalue weighted by atomic mass is 10.1. The summed E-state index contributed by atoms with van der Waals surface area (Å²) in [6, 6.07) is 8.52. The quantitative estimate of drug-likeness (QED) is 0.606. The summed E-state index contributed by atoms with van der Waals surface area (Å²) in [4.78, 5) is 25.4. The van der Waals surface area contributed by atoms with Crippen LogP contribution in [0.4, 0.5) is 10.2 Å². The molecule has 31 heavy (non-hydrogen) atoms. The van der Waals surface area contributed by atoms with Crippen LogP contribution >= 0.6 is 11.6 Å². The third kappa shape index (κ3) is 4.85. The van der Waals surface area contributed by atoms with E-state index < -0.39 is 5.82 Å². The van der Waals surface area contributed by atoms with Crippen molar-refractivity contribution >= 4 is 23.3 Å². The minimum Gasteiger partial charge on any atom is -0.353 e. The van der Waals surface area contributed by atoms with E-state index in [9.17, 15) is 9.18 Å². The maximum Gasteiger partial charge on any atom is 0.223 e. The number of amides is 1. The highest BCUT2D eigenvalue weighted by Gasteiger charge is 2.22. The molecular weight excluding hydrogens is 419 g/mol. The van der Waals surface area contributed by atoms with Crippen molar-refractivity contribution in [1.29, 1.82) is 0 Å². The molecule has 1 saturated heterocycles. The average Bonchev–Trinajstić information content (AvgIpc) is 3.12. The number of hydrogen-bond donors (Lipinski definition) is 0. The number of halogens is 2. The Kier molecular flexibility index (Phi) is 6.18. The molecule has 162 valence electrons. The summed E-state index contributed by atoms with van der Waals surface area (Å²) >= 11 is 5.82. The highest BCUT2D eigenvalue weighted by atomic mass is 35.5. The number of aryl methyl sites for hydroxylation is 3. The van der Waals surface area contributed by atoms with E-state index in [1.54, 1.807) is 18.5 Å². The smallest absolute Gasteiger partial charge is 0.223 e. The Balaban J connectivity index is 1.34. The van der Waals surface area contributed by atoms with Crippen LogP contribution < -0.4 is 4.90 Å².